The van der Waals surface area contributed by atoms with Crippen LogP contribution in [0.25, 0.3) is 0 Å². The molecular weight excluding hydrogens is 210 g/mol. The van der Waals surface area contributed by atoms with Gasteiger partial charge in [0.05, 0.1) is 11.9 Å². The van der Waals surface area contributed by atoms with Gasteiger partial charge in [-0.05, 0) is 19.8 Å². The van der Waals surface area contributed by atoms with E-state index in [0.29, 0.717) is 11.7 Å². The largest absolute Gasteiger partial charge is 0.392 e. The minimum atomic E-state index is -0.370. The summed E-state index contributed by atoms with van der Waals surface area (Å²) in [5.74, 6) is 0.921. The zero-order valence-corrected chi connectivity index (χ0v) is 11.1. The van der Waals surface area contributed by atoms with Crippen LogP contribution in [0.4, 0.5) is 0 Å². The third-order valence-electron chi connectivity index (χ3n) is 2.55. The van der Waals surface area contributed by atoms with Crippen molar-refractivity contribution in [2.75, 3.05) is 5.75 Å². The highest BCUT2D eigenvalue weighted by molar-refractivity contribution is 8.00. The highest BCUT2D eigenvalue weighted by atomic mass is 32.2. The van der Waals surface area contributed by atoms with E-state index in [0.717, 1.165) is 0 Å². The van der Waals surface area contributed by atoms with Crippen molar-refractivity contribution in [2.45, 2.75) is 52.0 Å². The van der Waals surface area contributed by atoms with Crippen LogP contribution < -0.4 is 5.32 Å². The van der Waals surface area contributed by atoms with Crippen LogP contribution in [0.1, 0.15) is 34.6 Å². The highest BCUT2D eigenvalue weighted by Crippen LogP contribution is 2.13. The quantitative estimate of drug-likeness (QED) is 0.733. The lowest BCUT2D eigenvalue weighted by Gasteiger charge is -2.18. The Bertz CT molecular complexity index is 195. The molecule has 0 rings (SSSR count). The van der Waals surface area contributed by atoms with Crippen molar-refractivity contribution in [3.63, 3.8) is 0 Å². The molecule has 0 aromatic carbocycles. The maximum atomic E-state index is 11.5. The molecule has 15 heavy (non-hydrogen) atoms. The zero-order chi connectivity index (χ0) is 12.0. The molecule has 0 aliphatic carbocycles. The molecule has 90 valence electrons. The molecule has 1 amide bonds. The molecule has 3 atom stereocenters. The number of rotatable bonds is 6. The fourth-order valence-electron chi connectivity index (χ4n) is 0.809. The lowest BCUT2D eigenvalue weighted by molar-refractivity contribution is -0.119. The van der Waals surface area contributed by atoms with Gasteiger partial charge in [0.25, 0.3) is 0 Å². The summed E-state index contributed by atoms with van der Waals surface area (Å²) in [6, 6.07) is 0.208. The number of carbonyl (C=O) groups excluding carboxylic acids is 1. The van der Waals surface area contributed by atoms with E-state index in [4.69, 9.17) is 0 Å². The monoisotopic (exact) mass is 233 g/mol. The third-order valence-corrected chi connectivity index (χ3v) is 3.89. The first-order chi connectivity index (χ1) is 6.84. The molecule has 0 aliphatic heterocycles. The van der Waals surface area contributed by atoms with Gasteiger partial charge in [-0.3, -0.25) is 4.79 Å². The van der Waals surface area contributed by atoms with Crippen LogP contribution in [0.15, 0.2) is 0 Å². The molecule has 4 heteroatoms. The van der Waals surface area contributed by atoms with Crippen LogP contribution in [-0.2, 0) is 4.79 Å². The van der Waals surface area contributed by atoms with E-state index in [1.54, 1.807) is 6.92 Å². The summed E-state index contributed by atoms with van der Waals surface area (Å²) in [7, 11) is 0. The zero-order valence-electron chi connectivity index (χ0n) is 10.3. The summed E-state index contributed by atoms with van der Waals surface area (Å²) in [6.07, 6.45) is -0.370. The Kier molecular flexibility index (Phi) is 7.02. The molecule has 0 saturated heterocycles. The Balaban J connectivity index is 3.76. The Hall–Kier alpha value is -0.220. The minimum absolute atomic E-state index is 0.0497. The van der Waals surface area contributed by atoms with Crippen LogP contribution in [0.5, 0.6) is 0 Å². The van der Waals surface area contributed by atoms with E-state index in [-0.39, 0.29) is 23.3 Å². The van der Waals surface area contributed by atoms with Crippen LogP contribution in [0.2, 0.25) is 0 Å². The van der Waals surface area contributed by atoms with Crippen LogP contribution in [0, 0.1) is 5.92 Å². The summed E-state index contributed by atoms with van der Waals surface area (Å²) < 4.78 is 0. The highest BCUT2D eigenvalue weighted by Gasteiger charge is 2.14. The number of aliphatic hydroxyl groups is 1. The van der Waals surface area contributed by atoms with Gasteiger partial charge >= 0.3 is 0 Å². The molecule has 2 N–H and O–H groups in total. The molecule has 0 aromatic rings. The Morgan fingerprint density at radius 3 is 2.20 bits per heavy atom. The van der Waals surface area contributed by atoms with Crippen molar-refractivity contribution in [3.05, 3.63) is 0 Å². The number of carbonyl (C=O) groups is 1. The van der Waals surface area contributed by atoms with Crippen molar-refractivity contribution >= 4 is 17.7 Å². The van der Waals surface area contributed by atoms with Crippen LogP contribution in [-0.4, -0.2) is 34.2 Å². The molecule has 3 nitrogen and oxygen atoms in total. The molecular formula is C11H23NO2S. The van der Waals surface area contributed by atoms with Crippen molar-refractivity contribution in [2.24, 2.45) is 5.92 Å². The number of nitrogens with one attached hydrogen (secondary N) is 1. The first kappa shape index (κ1) is 14.8. The number of amides is 1. The summed E-state index contributed by atoms with van der Waals surface area (Å²) in [5, 5.41) is 12.3. The smallest absolute Gasteiger partial charge is 0.230 e. The fraction of sp³-hybridized carbons (Fsp3) is 0.909. The maximum Gasteiger partial charge on any atom is 0.230 e. The minimum Gasteiger partial charge on any atom is -0.392 e. The summed E-state index contributed by atoms with van der Waals surface area (Å²) >= 11 is 1.48. The van der Waals surface area contributed by atoms with Crippen LogP contribution >= 0.6 is 11.8 Å². The Labute approximate surface area is 97.0 Å². The lowest BCUT2D eigenvalue weighted by Crippen LogP contribution is -2.37. The maximum absolute atomic E-state index is 11.5. The molecule has 0 spiro atoms. The number of aliphatic hydroxyl groups excluding tert-OH is 1. The summed E-state index contributed by atoms with van der Waals surface area (Å²) in [5.41, 5.74) is 0. The normalized spacial score (nSPS) is 17.3. The van der Waals surface area contributed by atoms with Gasteiger partial charge in [0.2, 0.25) is 5.91 Å². The van der Waals surface area contributed by atoms with Gasteiger partial charge in [0.15, 0.2) is 0 Å². The summed E-state index contributed by atoms with van der Waals surface area (Å²) in [6.45, 7) is 9.83. The molecule has 0 bridgehead atoms. The average Bonchev–Trinajstić information content (AvgIpc) is 2.13. The van der Waals surface area contributed by atoms with Crippen molar-refractivity contribution < 1.29 is 9.90 Å². The first-order valence-corrected chi connectivity index (χ1v) is 6.48. The number of hydrogen-bond acceptors (Lipinski definition) is 3. The molecule has 0 fully saturated rings. The van der Waals surface area contributed by atoms with E-state index < -0.39 is 0 Å². The molecule has 0 saturated carbocycles. The summed E-state index contributed by atoms with van der Waals surface area (Å²) in [4.78, 5) is 11.5. The van der Waals surface area contributed by atoms with E-state index in [1.165, 1.54) is 11.8 Å². The Morgan fingerprint density at radius 1 is 1.27 bits per heavy atom. The fourth-order valence-corrected chi connectivity index (χ4v) is 1.58. The van der Waals surface area contributed by atoms with E-state index in [9.17, 15) is 9.90 Å². The third kappa shape index (κ3) is 6.79. The van der Waals surface area contributed by atoms with Crippen molar-refractivity contribution in [3.8, 4) is 0 Å². The molecule has 0 aliphatic rings. The predicted octanol–water partition coefficient (Wildman–Crippen LogP) is 1.65. The van der Waals surface area contributed by atoms with E-state index in [1.807, 2.05) is 13.8 Å². The topological polar surface area (TPSA) is 49.3 Å². The van der Waals surface area contributed by atoms with Crippen LogP contribution in [0.3, 0.4) is 0 Å². The Morgan fingerprint density at radius 2 is 1.80 bits per heavy atom. The SMILES string of the molecule is CC(C)C(C)NC(=O)CSC(C)C(C)O. The lowest BCUT2D eigenvalue weighted by atomic mass is 10.1. The standard InChI is InChI=1S/C11H23NO2S/c1-7(2)8(3)12-11(14)6-15-10(5)9(4)13/h7-10,13H,6H2,1-5H3,(H,12,14). The second-order valence-electron chi connectivity index (χ2n) is 4.36. The van der Waals surface area contributed by atoms with Crippen molar-refractivity contribution in [1.82, 2.24) is 5.32 Å². The second-order valence-corrected chi connectivity index (χ2v) is 5.72. The molecule has 3 unspecified atom stereocenters. The first-order valence-electron chi connectivity index (χ1n) is 5.43. The number of thioether (sulfide) groups is 1. The average molecular weight is 233 g/mol. The molecule has 0 aromatic heterocycles. The molecule has 0 heterocycles. The van der Waals surface area contributed by atoms with Gasteiger partial charge in [-0.1, -0.05) is 20.8 Å². The van der Waals surface area contributed by atoms with Gasteiger partial charge in [-0.25, -0.2) is 0 Å². The van der Waals surface area contributed by atoms with Gasteiger partial charge < -0.3 is 10.4 Å². The predicted molar refractivity (Wildman–Crippen MR) is 66.0 cm³/mol. The van der Waals surface area contributed by atoms with E-state index >= 15 is 0 Å². The van der Waals surface area contributed by atoms with Gasteiger partial charge in [0.1, 0.15) is 0 Å². The van der Waals surface area contributed by atoms with Gasteiger partial charge in [-0.15, -0.1) is 11.8 Å². The number of hydrogen-bond donors (Lipinski definition) is 2. The van der Waals surface area contributed by atoms with E-state index in [2.05, 4.69) is 19.2 Å². The van der Waals surface area contributed by atoms with Gasteiger partial charge in [-0.2, -0.15) is 0 Å². The second kappa shape index (κ2) is 7.12. The molecule has 0 radical (unpaired) electrons. The van der Waals surface area contributed by atoms with Crippen molar-refractivity contribution in [1.29, 1.82) is 0 Å². The van der Waals surface area contributed by atoms with Gasteiger partial charge in [0, 0.05) is 11.3 Å².